The molecule has 17 heavy (non-hydrogen) atoms. The summed E-state index contributed by atoms with van der Waals surface area (Å²) in [6.07, 6.45) is -3.39. The first-order valence-corrected chi connectivity index (χ1v) is 4.10. The Bertz CT molecular complexity index is 270. The predicted octanol–water partition coefficient (Wildman–Crippen LogP) is -2.03. The zero-order chi connectivity index (χ0) is 14.2. The molecule has 0 aliphatic carbocycles. The van der Waals surface area contributed by atoms with E-state index in [0.717, 1.165) is 13.8 Å². The SMILES string of the molecule is CC(=O)O.CC(=O)O.O=C1OC(=O)[C@H](O)[C@H]1O. The van der Waals surface area contributed by atoms with E-state index in [0.29, 0.717) is 0 Å². The number of carbonyl (C=O) groups excluding carboxylic acids is 2. The molecule has 2 atom stereocenters. The molecule has 1 aliphatic heterocycles. The van der Waals surface area contributed by atoms with Gasteiger partial charge in [-0.3, -0.25) is 9.59 Å². The third-order valence-electron chi connectivity index (χ3n) is 0.983. The van der Waals surface area contributed by atoms with Gasteiger partial charge in [0.2, 0.25) is 0 Å². The van der Waals surface area contributed by atoms with Crippen LogP contribution in [0.3, 0.4) is 0 Å². The first-order chi connectivity index (χ1) is 7.59. The summed E-state index contributed by atoms with van der Waals surface area (Å²) in [4.78, 5) is 38.3. The molecule has 9 nitrogen and oxygen atoms in total. The number of ether oxygens (including phenoxy) is 1. The highest BCUT2D eigenvalue weighted by Crippen LogP contribution is 2.07. The summed E-state index contributed by atoms with van der Waals surface area (Å²) in [5.74, 6) is -3.85. The molecule has 0 aromatic heterocycles. The van der Waals surface area contributed by atoms with Gasteiger partial charge in [-0.2, -0.15) is 0 Å². The molecular weight excluding hydrogens is 240 g/mol. The van der Waals surface area contributed by atoms with Crippen molar-refractivity contribution in [3.05, 3.63) is 0 Å². The topological polar surface area (TPSA) is 158 Å². The van der Waals surface area contributed by atoms with Crippen LogP contribution in [0.1, 0.15) is 13.8 Å². The largest absolute Gasteiger partial charge is 0.481 e. The Labute approximate surface area is 95.2 Å². The third-order valence-corrected chi connectivity index (χ3v) is 0.983. The molecule has 0 bridgehead atoms. The van der Waals surface area contributed by atoms with Crippen LogP contribution in [0.15, 0.2) is 0 Å². The van der Waals surface area contributed by atoms with E-state index in [9.17, 15) is 9.59 Å². The van der Waals surface area contributed by atoms with Crippen molar-refractivity contribution < 1.29 is 44.3 Å². The van der Waals surface area contributed by atoms with Gasteiger partial charge in [0, 0.05) is 13.8 Å². The number of carbonyl (C=O) groups is 4. The van der Waals surface area contributed by atoms with Crippen LogP contribution in [0.2, 0.25) is 0 Å². The summed E-state index contributed by atoms with van der Waals surface area (Å²) in [6.45, 7) is 2.17. The van der Waals surface area contributed by atoms with Gasteiger partial charge >= 0.3 is 11.9 Å². The number of hydrogen-bond donors (Lipinski definition) is 4. The molecule has 1 saturated heterocycles. The third kappa shape index (κ3) is 10.3. The molecule has 1 heterocycles. The van der Waals surface area contributed by atoms with Crippen molar-refractivity contribution in [3.63, 3.8) is 0 Å². The standard InChI is InChI=1S/C4H4O5.2C2H4O2/c5-1-2(6)4(8)9-3(1)7;2*1-2(3)4/h1-2,5-6H;2*1H3,(H,3,4)/t1-,2-;;/m1../s1. The molecule has 1 aliphatic rings. The Hall–Kier alpha value is -2.00. The summed E-state index contributed by atoms with van der Waals surface area (Å²) >= 11 is 0. The first kappa shape index (κ1) is 17.4. The van der Waals surface area contributed by atoms with Gasteiger partial charge in [0.15, 0.2) is 12.2 Å². The average molecular weight is 252 g/mol. The molecule has 1 fully saturated rings. The second-order valence-electron chi connectivity index (χ2n) is 2.67. The lowest BCUT2D eigenvalue weighted by molar-refractivity contribution is -0.155. The lowest BCUT2D eigenvalue weighted by atomic mass is 10.2. The molecule has 98 valence electrons. The molecular formula is C8H12O9. The number of aliphatic carboxylic acids is 2. The molecule has 0 amide bonds. The van der Waals surface area contributed by atoms with Crippen LogP contribution < -0.4 is 0 Å². The quantitative estimate of drug-likeness (QED) is 0.281. The van der Waals surface area contributed by atoms with Crippen molar-refractivity contribution in [1.82, 2.24) is 0 Å². The maximum absolute atomic E-state index is 10.1. The summed E-state index contributed by atoms with van der Waals surface area (Å²) in [7, 11) is 0. The van der Waals surface area contributed by atoms with Gasteiger partial charge < -0.3 is 25.2 Å². The summed E-state index contributed by atoms with van der Waals surface area (Å²) < 4.78 is 3.81. The number of esters is 2. The Morgan fingerprint density at radius 1 is 0.941 bits per heavy atom. The normalized spacial score (nSPS) is 21.4. The summed E-state index contributed by atoms with van der Waals surface area (Å²) in [6, 6.07) is 0. The van der Waals surface area contributed by atoms with E-state index in [-0.39, 0.29) is 0 Å². The van der Waals surface area contributed by atoms with Gasteiger partial charge in [-0.15, -0.1) is 0 Å². The fourth-order valence-corrected chi connectivity index (χ4v) is 0.478. The second kappa shape index (κ2) is 8.19. The van der Waals surface area contributed by atoms with Crippen LogP contribution in [0.5, 0.6) is 0 Å². The number of hydrogen-bond acceptors (Lipinski definition) is 7. The van der Waals surface area contributed by atoms with Gasteiger partial charge in [-0.05, 0) is 0 Å². The average Bonchev–Trinajstić information content (AvgIpc) is 2.31. The molecule has 0 unspecified atom stereocenters. The Morgan fingerprint density at radius 3 is 1.18 bits per heavy atom. The van der Waals surface area contributed by atoms with E-state index in [1.54, 1.807) is 0 Å². The maximum Gasteiger partial charge on any atom is 0.346 e. The lowest BCUT2D eigenvalue weighted by Crippen LogP contribution is -2.27. The van der Waals surface area contributed by atoms with Gasteiger partial charge in [0.1, 0.15) is 0 Å². The molecule has 0 radical (unpaired) electrons. The fraction of sp³-hybridized carbons (Fsp3) is 0.500. The van der Waals surface area contributed by atoms with Crippen molar-refractivity contribution in [2.45, 2.75) is 26.1 Å². The van der Waals surface area contributed by atoms with Crippen LogP contribution in [0.4, 0.5) is 0 Å². The van der Waals surface area contributed by atoms with Crippen LogP contribution in [-0.2, 0) is 23.9 Å². The highest BCUT2D eigenvalue weighted by Gasteiger charge is 2.41. The van der Waals surface area contributed by atoms with E-state index in [4.69, 9.17) is 30.0 Å². The zero-order valence-corrected chi connectivity index (χ0v) is 8.98. The van der Waals surface area contributed by atoms with Crippen molar-refractivity contribution in [3.8, 4) is 0 Å². The summed E-state index contributed by atoms with van der Waals surface area (Å²) in [5.41, 5.74) is 0. The van der Waals surface area contributed by atoms with Crippen LogP contribution >= 0.6 is 0 Å². The molecule has 9 heteroatoms. The van der Waals surface area contributed by atoms with Crippen LogP contribution in [-0.4, -0.2) is 56.5 Å². The molecule has 0 spiro atoms. The summed E-state index contributed by atoms with van der Waals surface area (Å²) in [5, 5.41) is 31.8. The van der Waals surface area contributed by atoms with Gasteiger partial charge in [-0.1, -0.05) is 0 Å². The van der Waals surface area contributed by atoms with Gasteiger partial charge in [0.25, 0.3) is 11.9 Å². The van der Waals surface area contributed by atoms with E-state index < -0.39 is 36.1 Å². The highest BCUT2D eigenvalue weighted by molar-refractivity contribution is 5.99. The van der Waals surface area contributed by atoms with Crippen molar-refractivity contribution in [2.24, 2.45) is 0 Å². The molecule has 4 N–H and O–H groups in total. The number of rotatable bonds is 0. The van der Waals surface area contributed by atoms with Crippen molar-refractivity contribution >= 4 is 23.9 Å². The Balaban J connectivity index is 0. The minimum absolute atomic E-state index is 0.833. The van der Waals surface area contributed by atoms with Crippen molar-refractivity contribution in [2.75, 3.05) is 0 Å². The molecule has 0 saturated carbocycles. The fourth-order valence-electron chi connectivity index (χ4n) is 0.478. The number of aliphatic hydroxyl groups is 2. The van der Waals surface area contributed by atoms with E-state index >= 15 is 0 Å². The number of aliphatic hydroxyl groups excluding tert-OH is 2. The molecule has 1 rings (SSSR count). The second-order valence-corrected chi connectivity index (χ2v) is 2.67. The van der Waals surface area contributed by atoms with Crippen molar-refractivity contribution in [1.29, 1.82) is 0 Å². The Kier molecular flexibility index (Phi) is 8.38. The maximum atomic E-state index is 10.1. The monoisotopic (exact) mass is 252 g/mol. The van der Waals surface area contributed by atoms with Gasteiger partial charge in [-0.25, -0.2) is 9.59 Å². The Morgan fingerprint density at radius 2 is 1.12 bits per heavy atom. The van der Waals surface area contributed by atoms with E-state index in [1.807, 2.05) is 0 Å². The molecule has 0 aromatic carbocycles. The lowest BCUT2D eigenvalue weighted by Gasteiger charge is -1.95. The number of cyclic esters (lactones) is 2. The minimum atomic E-state index is -1.70. The van der Waals surface area contributed by atoms with Crippen LogP contribution in [0, 0.1) is 0 Å². The minimum Gasteiger partial charge on any atom is -0.481 e. The first-order valence-electron chi connectivity index (χ1n) is 4.10. The van der Waals surface area contributed by atoms with E-state index in [2.05, 4.69) is 4.74 Å². The predicted molar refractivity (Wildman–Crippen MR) is 49.7 cm³/mol. The van der Waals surface area contributed by atoms with Crippen LogP contribution in [0.25, 0.3) is 0 Å². The number of carboxylic acids is 2. The van der Waals surface area contributed by atoms with E-state index in [1.165, 1.54) is 0 Å². The smallest absolute Gasteiger partial charge is 0.346 e. The number of carboxylic acid groups (broad SMARTS) is 2. The van der Waals surface area contributed by atoms with Gasteiger partial charge in [0.05, 0.1) is 0 Å². The molecule has 0 aromatic rings. The highest BCUT2D eigenvalue weighted by atomic mass is 16.6. The zero-order valence-electron chi connectivity index (χ0n) is 8.98.